The van der Waals surface area contributed by atoms with E-state index in [0.717, 1.165) is 17.9 Å². The minimum absolute atomic E-state index is 0.899. The minimum atomic E-state index is 0.899. The van der Waals surface area contributed by atoms with E-state index in [9.17, 15) is 0 Å². The molecule has 12 heavy (non-hydrogen) atoms. The van der Waals surface area contributed by atoms with Crippen LogP contribution in [0.15, 0.2) is 0 Å². The van der Waals surface area contributed by atoms with E-state index in [1.807, 2.05) is 0 Å². The highest BCUT2D eigenvalue weighted by molar-refractivity contribution is 4.92. The van der Waals surface area contributed by atoms with Crippen LogP contribution in [-0.2, 0) is 0 Å². The van der Waals surface area contributed by atoms with E-state index < -0.39 is 0 Å². The van der Waals surface area contributed by atoms with Gasteiger partial charge in [-0.3, -0.25) is 0 Å². The Kier molecular flexibility index (Phi) is 2.69. The van der Waals surface area contributed by atoms with Gasteiger partial charge in [0.1, 0.15) is 0 Å². The predicted octanol–water partition coefficient (Wildman–Crippen LogP) is 2.56. The third-order valence-electron chi connectivity index (χ3n) is 3.59. The first-order chi connectivity index (χ1) is 5.90. The summed E-state index contributed by atoms with van der Waals surface area (Å²) in [5.74, 6) is 2.04. The summed E-state index contributed by atoms with van der Waals surface area (Å²) in [5, 5.41) is 3.70. The molecule has 0 spiro atoms. The van der Waals surface area contributed by atoms with Crippen LogP contribution in [0, 0.1) is 11.8 Å². The van der Waals surface area contributed by atoms with Gasteiger partial charge >= 0.3 is 0 Å². The normalized spacial score (nSPS) is 35.8. The average Bonchev–Trinajstić information content (AvgIpc) is 2.67. The van der Waals surface area contributed by atoms with Crippen LogP contribution in [0.25, 0.3) is 0 Å². The van der Waals surface area contributed by atoms with Crippen molar-refractivity contribution in [1.29, 1.82) is 0 Å². The smallest absolute Gasteiger partial charge is 0.00991 e. The third kappa shape index (κ3) is 2.01. The molecule has 0 saturated heterocycles. The van der Waals surface area contributed by atoms with Crippen LogP contribution in [-0.4, -0.2) is 12.6 Å². The molecule has 0 aromatic carbocycles. The molecule has 2 atom stereocenters. The molecule has 0 radical (unpaired) electrons. The topological polar surface area (TPSA) is 12.0 Å². The Labute approximate surface area is 75.9 Å². The molecule has 1 nitrogen and oxygen atoms in total. The van der Waals surface area contributed by atoms with E-state index in [0.29, 0.717) is 0 Å². The van der Waals surface area contributed by atoms with Crippen LogP contribution < -0.4 is 5.32 Å². The molecule has 1 N–H and O–H groups in total. The second-order valence-corrected chi connectivity index (χ2v) is 4.57. The van der Waals surface area contributed by atoms with E-state index in [1.165, 1.54) is 45.1 Å². The van der Waals surface area contributed by atoms with Gasteiger partial charge in [-0.15, -0.1) is 0 Å². The lowest BCUT2D eigenvalue weighted by molar-refractivity contribution is 0.476. The second-order valence-electron chi connectivity index (χ2n) is 4.57. The fourth-order valence-electron chi connectivity index (χ4n) is 2.48. The largest absolute Gasteiger partial charge is 0.313 e. The number of nitrogens with one attached hydrogen (secondary N) is 1. The van der Waals surface area contributed by atoms with Crippen LogP contribution in [0.5, 0.6) is 0 Å². The lowest BCUT2D eigenvalue weighted by Gasteiger charge is -2.09. The molecule has 1 heteroatoms. The van der Waals surface area contributed by atoms with Crippen molar-refractivity contribution in [3.05, 3.63) is 0 Å². The van der Waals surface area contributed by atoms with Crippen molar-refractivity contribution in [3.8, 4) is 0 Å². The monoisotopic (exact) mass is 167 g/mol. The molecular weight excluding hydrogens is 146 g/mol. The molecule has 0 aromatic heterocycles. The molecule has 2 aliphatic carbocycles. The Morgan fingerprint density at radius 1 is 1.25 bits per heavy atom. The average molecular weight is 167 g/mol. The highest BCUT2D eigenvalue weighted by Gasteiger charge is 2.35. The summed E-state index contributed by atoms with van der Waals surface area (Å²) in [6.07, 6.45) is 8.75. The fourth-order valence-corrected chi connectivity index (χ4v) is 2.48. The minimum Gasteiger partial charge on any atom is -0.313 e. The Balaban J connectivity index is 1.57. The molecule has 70 valence electrons. The summed E-state index contributed by atoms with van der Waals surface area (Å²) in [6.45, 7) is 3.61. The summed E-state index contributed by atoms with van der Waals surface area (Å²) in [4.78, 5) is 0. The quantitative estimate of drug-likeness (QED) is 0.678. The van der Waals surface area contributed by atoms with Crippen LogP contribution in [0.4, 0.5) is 0 Å². The zero-order valence-corrected chi connectivity index (χ0v) is 8.18. The Bertz CT molecular complexity index is 138. The van der Waals surface area contributed by atoms with E-state index in [-0.39, 0.29) is 0 Å². The first-order valence-corrected chi connectivity index (χ1v) is 5.63. The maximum absolute atomic E-state index is 3.70. The number of hydrogen-bond donors (Lipinski definition) is 1. The highest BCUT2D eigenvalue weighted by Crippen LogP contribution is 2.34. The van der Waals surface area contributed by atoms with Crippen molar-refractivity contribution in [2.24, 2.45) is 11.8 Å². The van der Waals surface area contributed by atoms with Gasteiger partial charge in [0.2, 0.25) is 0 Å². The van der Waals surface area contributed by atoms with Crippen LogP contribution >= 0.6 is 0 Å². The van der Waals surface area contributed by atoms with Gasteiger partial charge < -0.3 is 5.32 Å². The van der Waals surface area contributed by atoms with Gasteiger partial charge in [-0.05, 0) is 37.6 Å². The van der Waals surface area contributed by atoms with Crippen molar-refractivity contribution >= 4 is 0 Å². The van der Waals surface area contributed by atoms with Gasteiger partial charge in [-0.25, -0.2) is 0 Å². The summed E-state index contributed by atoms with van der Waals surface area (Å²) >= 11 is 0. The molecule has 0 amide bonds. The van der Waals surface area contributed by atoms with E-state index in [1.54, 1.807) is 0 Å². The van der Waals surface area contributed by atoms with Gasteiger partial charge in [0.25, 0.3) is 0 Å². The Morgan fingerprint density at radius 2 is 2.00 bits per heavy atom. The summed E-state index contributed by atoms with van der Waals surface area (Å²) < 4.78 is 0. The zero-order chi connectivity index (χ0) is 8.39. The van der Waals surface area contributed by atoms with Gasteiger partial charge in [-0.1, -0.05) is 26.2 Å². The van der Waals surface area contributed by atoms with Gasteiger partial charge in [0, 0.05) is 6.04 Å². The second kappa shape index (κ2) is 3.78. The van der Waals surface area contributed by atoms with E-state index in [2.05, 4.69) is 12.2 Å². The van der Waals surface area contributed by atoms with Crippen LogP contribution in [0.2, 0.25) is 0 Å². The standard InChI is InChI=1S/C11H21N/c1-2-10-7-11(10)12-8-9-5-3-4-6-9/h9-12H,2-8H2,1H3. The van der Waals surface area contributed by atoms with Crippen molar-refractivity contribution in [2.75, 3.05) is 6.54 Å². The summed E-state index contributed by atoms with van der Waals surface area (Å²) in [6, 6.07) is 0.899. The van der Waals surface area contributed by atoms with Crippen LogP contribution in [0.3, 0.4) is 0 Å². The molecule has 0 bridgehead atoms. The van der Waals surface area contributed by atoms with Crippen molar-refractivity contribution in [1.82, 2.24) is 5.32 Å². The maximum atomic E-state index is 3.70. The lowest BCUT2D eigenvalue weighted by atomic mass is 10.1. The Morgan fingerprint density at radius 3 is 2.58 bits per heavy atom. The maximum Gasteiger partial charge on any atom is 0.00991 e. The molecule has 2 aliphatic rings. The van der Waals surface area contributed by atoms with Gasteiger partial charge in [0.05, 0.1) is 0 Å². The molecule has 2 unspecified atom stereocenters. The highest BCUT2D eigenvalue weighted by atomic mass is 15.0. The SMILES string of the molecule is CCC1CC1NCC1CCCC1. The number of rotatable bonds is 4. The molecule has 2 rings (SSSR count). The zero-order valence-electron chi connectivity index (χ0n) is 8.18. The lowest BCUT2D eigenvalue weighted by Crippen LogP contribution is -2.24. The molecule has 2 fully saturated rings. The van der Waals surface area contributed by atoms with Crippen molar-refractivity contribution < 1.29 is 0 Å². The molecule has 0 aromatic rings. The van der Waals surface area contributed by atoms with E-state index in [4.69, 9.17) is 0 Å². The molecular formula is C11H21N. The van der Waals surface area contributed by atoms with Crippen molar-refractivity contribution in [3.63, 3.8) is 0 Å². The van der Waals surface area contributed by atoms with E-state index >= 15 is 0 Å². The molecule has 0 heterocycles. The third-order valence-corrected chi connectivity index (χ3v) is 3.59. The fraction of sp³-hybridized carbons (Fsp3) is 1.00. The van der Waals surface area contributed by atoms with Crippen LogP contribution in [0.1, 0.15) is 45.4 Å². The number of hydrogen-bond acceptors (Lipinski definition) is 1. The summed E-state index contributed by atoms with van der Waals surface area (Å²) in [5.41, 5.74) is 0. The molecule has 2 saturated carbocycles. The van der Waals surface area contributed by atoms with Crippen molar-refractivity contribution in [2.45, 2.75) is 51.5 Å². The predicted molar refractivity (Wildman–Crippen MR) is 52.1 cm³/mol. The first kappa shape index (κ1) is 8.55. The summed E-state index contributed by atoms with van der Waals surface area (Å²) in [7, 11) is 0. The van der Waals surface area contributed by atoms with Gasteiger partial charge in [0.15, 0.2) is 0 Å². The first-order valence-electron chi connectivity index (χ1n) is 5.63. The molecule has 0 aliphatic heterocycles. The van der Waals surface area contributed by atoms with Gasteiger partial charge in [-0.2, -0.15) is 0 Å². The Hall–Kier alpha value is -0.0400.